The summed E-state index contributed by atoms with van der Waals surface area (Å²) in [5.41, 5.74) is 5.26. The third kappa shape index (κ3) is 4.43. The lowest BCUT2D eigenvalue weighted by atomic mass is 10.0. The van der Waals surface area contributed by atoms with Crippen LogP contribution in [0.15, 0.2) is 160 Å². The van der Waals surface area contributed by atoms with Crippen LogP contribution in [0, 0.1) is 0 Å². The maximum Gasteiger partial charge on any atom is 0.164 e. The first-order valence-electron chi connectivity index (χ1n) is 19.4. The fourth-order valence-corrected chi connectivity index (χ4v) is 8.04. The van der Waals surface area contributed by atoms with Gasteiger partial charge in [-0.05, 0) is 47.5 Å². The molecule has 0 amide bonds. The molecule has 0 saturated heterocycles. The van der Waals surface area contributed by atoms with Gasteiger partial charge in [-0.1, -0.05) is 115 Å². The zero-order valence-electron chi connectivity index (χ0n) is 32.5. The average molecular weight is 678 g/mol. The number of aromatic nitrogens is 3. The van der Waals surface area contributed by atoms with Crippen molar-refractivity contribution in [3.8, 4) is 45.3 Å². The Kier molecular flexibility index (Phi) is 4.91. The highest BCUT2D eigenvalue weighted by Gasteiger charge is 2.19. The Morgan fingerprint density at radius 2 is 1.18 bits per heavy atom. The standard InChI is InChI=1S/C45H25N3O2S/c1-2-10-26(11-3-1)43-46-44(48-45(47-43)34-16-9-19-39-41(34)33-13-5-7-18-37(33)50-39)28-20-22-31-32-15-8-14-29(42(32)51-40(31)25-28)27-21-23-38-35(24-27)30-12-4-6-17-36(30)49-38/h1-25H/i8D,14D,15D,20D,22D,25D. The van der Waals surface area contributed by atoms with Crippen LogP contribution in [-0.2, 0) is 0 Å². The molecule has 4 heterocycles. The summed E-state index contributed by atoms with van der Waals surface area (Å²) in [4.78, 5) is 14.7. The summed E-state index contributed by atoms with van der Waals surface area (Å²) >= 11 is 1.17. The largest absolute Gasteiger partial charge is 0.456 e. The van der Waals surface area contributed by atoms with E-state index in [4.69, 9.17) is 27.9 Å². The lowest BCUT2D eigenvalue weighted by molar-refractivity contribution is 0.668. The van der Waals surface area contributed by atoms with Gasteiger partial charge in [-0.2, -0.15) is 0 Å². The zero-order valence-corrected chi connectivity index (χ0v) is 27.4. The van der Waals surface area contributed by atoms with E-state index in [0.717, 1.165) is 27.1 Å². The number of furan rings is 2. The second-order valence-corrected chi connectivity index (χ2v) is 13.3. The number of rotatable bonds is 4. The van der Waals surface area contributed by atoms with Crippen LogP contribution in [0.25, 0.3) is 109 Å². The number of nitrogens with zero attached hydrogens (tertiary/aromatic N) is 3. The van der Waals surface area contributed by atoms with Crippen LogP contribution in [0.4, 0.5) is 0 Å². The number of thiophene rings is 1. The molecule has 4 aromatic heterocycles. The highest BCUT2D eigenvalue weighted by atomic mass is 32.1. The Morgan fingerprint density at radius 1 is 0.471 bits per heavy atom. The normalized spacial score (nSPS) is 13.6. The first-order valence-corrected chi connectivity index (χ1v) is 17.2. The third-order valence-corrected chi connectivity index (χ3v) is 10.4. The Bertz CT molecular complexity index is 3510. The van der Waals surface area contributed by atoms with E-state index in [-0.39, 0.29) is 58.4 Å². The van der Waals surface area contributed by atoms with E-state index in [1.54, 1.807) is 0 Å². The van der Waals surface area contributed by atoms with Gasteiger partial charge in [0.15, 0.2) is 17.5 Å². The van der Waals surface area contributed by atoms with Gasteiger partial charge in [0.1, 0.15) is 22.3 Å². The fraction of sp³-hybridized carbons (Fsp3) is 0. The molecule has 0 atom stereocenters. The Hall–Kier alpha value is -6.63. The molecule has 0 fully saturated rings. The maximum absolute atomic E-state index is 9.67. The molecule has 51 heavy (non-hydrogen) atoms. The molecular formula is C45H25N3O2S. The van der Waals surface area contributed by atoms with Gasteiger partial charge in [0, 0.05) is 58.4 Å². The molecule has 238 valence electrons. The van der Waals surface area contributed by atoms with Crippen LogP contribution in [0.1, 0.15) is 8.22 Å². The summed E-state index contributed by atoms with van der Waals surface area (Å²) in [7, 11) is 0. The molecule has 11 rings (SSSR count). The minimum Gasteiger partial charge on any atom is -0.456 e. The van der Waals surface area contributed by atoms with Crippen molar-refractivity contribution in [2.45, 2.75) is 0 Å². The average Bonchev–Trinajstić information content (AvgIpc) is 3.94. The van der Waals surface area contributed by atoms with Crippen molar-refractivity contribution in [2.24, 2.45) is 0 Å². The van der Waals surface area contributed by atoms with Crippen LogP contribution in [0.2, 0.25) is 0 Å². The molecule has 0 spiro atoms. The molecule has 7 aromatic carbocycles. The summed E-state index contributed by atoms with van der Waals surface area (Å²) in [6.07, 6.45) is 0. The Morgan fingerprint density at radius 3 is 2.06 bits per heavy atom. The third-order valence-electron chi connectivity index (χ3n) is 9.26. The Balaban J connectivity index is 1.19. The van der Waals surface area contributed by atoms with Crippen molar-refractivity contribution in [3.05, 3.63) is 152 Å². The number of para-hydroxylation sites is 2. The van der Waals surface area contributed by atoms with E-state index in [9.17, 15) is 4.11 Å². The number of fused-ring (bicyclic) bond motifs is 9. The molecule has 0 N–H and O–H groups in total. The van der Waals surface area contributed by atoms with Crippen LogP contribution in [-0.4, -0.2) is 15.0 Å². The highest BCUT2D eigenvalue weighted by molar-refractivity contribution is 7.26. The smallest absolute Gasteiger partial charge is 0.164 e. The van der Waals surface area contributed by atoms with Crippen molar-refractivity contribution in [1.82, 2.24) is 15.0 Å². The fourth-order valence-electron chi connectivity index (χ4n) is 6.90. The van der Waals surface area contributed by atoms with Gasteiger partial charge in [-0.3, -0.25) is 0 Å². The van der Waals surface area contributed by atoms with Crippen molar-refractivity contribution in [1.29, 1.82) is 0 Å². The molecule has 0 aliphatic rings. The lowest BCUT2D eigenvalue weighted by Gasteiger charge is -2.09. The minimum atomic E-state index is -0.300. The van der Waals surface area contributed by atoms with Crippen LogP contribution < -0.4 is 0 Å². The molecule has 0 aliphatic carbocycles. The van der Waals surface area contributed by atoms with Crippen LogP contribution in [0.5, 0.6) is 0 Å². The first kappa shape index (κ1) is 22.9. The van der Waals surface area contributed by atoms with Crippen molar-refractivity contribution >= 4 is 75.4 Å². The van der Waals surface area contributed by atoms with E-state index >= 15 is 0 Å². The van der Waals surface area contributed by atoms with Gasteiger partial charge in [0.05, 0.1) is 8.22 Å². The predicted molar refractivity (Wildman–Crippen MR) is 209 cm³/mol. The summed E-state index contributed by atoms with van der Waals surface area (Å²) in [6.45, 7) is 0. The highest BCUT2D eigenvalue weighted by Crippen LogP contribution is 2.43. The second-order valence-electron chi connectivity index (χ2n) is 12.3. The summed E-state index contributed by atoms with van der Waals surface area (Å²) in [5.74, 6) is 0.698. The zero-order chi connectivity index (χ0) is 38.7. The second kappa shape index (κ2) is 10.9. The molecule has 0 bridgehead atoms. The van der Waals surface area contributed by atoms with E-state index < -0.39 is 0 Å². The van der Waals surface area contributed by atoms with Crippen molar-refractivity contribution < 1.29 is 17.1 Å². The minimum absolute atomic E-state index is 0.0423. The topological polar surface area (TPSA) is 65.0 Å². The van der Waals surface area contributed by atoms with E-state index in [2.05, 4.69) is 0 Å². The maximum atomic E-state index is 9.67. The summed E-state index contributed by atoms with van der Waals surface area (Å²) in [5, 5.41) is 3.94. The first-order chi connectivity index (χ1) is 27.8. The summed E-state index contributed by atoms with van der Waals surface area (Å²) < 4.78 is 68.6. The molecule has 6 heteroatoms. The van der Waals surface area contributed by atoms with Crippen molar-refractivity contribution in [2.75, 3.05) is 0 Å². The van der Waals surface area contributed by atoms with Crippen LogP contribution in [0.3, 0.4) is 0 Å². The van der Waals surface area contributed by atoms with Gasteiger partial charge >= 0.3 is 0 Å². The van der Waals surface area contributed by atoms with Gasteiger partial charge in [0.2, 0.25) is 0 Å². The van der Waals surface area contributed by atoms with Crippen molar-refractivity contribution in [3.63, 3.8) is 0 Å². The quantitative estimate of drug-likeness (QED) is 0.185. The van der Waals surface area contributed by atoms with E-state index in [0.29, 0.717) is 60.1 Å². The van der Waals surface area contributed by atoms with Gasteiger partial charge in [0.25, 0.3) is 0 Å². The molecule has 0 radical (unpaired) electrons. The van der Waals surface area contributed by atoms with Gasteiger partial charge in [-0.15, -0.1) is 11.3 Å². The summed E-state index contributed by atoms with van der Waals surface area (Å²) in [6, 6.07) is 34.8. The monoisotopic (exact) mass is 677 g/mol. The Labute approximate surface area is 303 Å². The number of benzene rings is 7. The number of hydrogen-bond acceptors (Lipinski definition) is 6. The predicted octanol–water partition coefficient (Wildman–Crippen LogP) is 12.7. The molecule has 0 aliphatic heterocycles. The van der Waals surface area contributed by atoms with Gasteiger partial charge in [-0.25, -0.2) is 15.0 Å². The van der Waals surface area contributed by atoms with Gasteiger partial charge < -0.3 is 8.83 Å². The number of hydrogen-bond donors (Lipinski definition) is 0. The lowest BCUT2D eigenvalue weighted by Crippen LogP contribution is -2.00. The molecule has 0 saturated carbocycles. The van der Waals surface area contributed by atoms with E-state index in [1.807, 2.05) is 115 Å². The van der Waals surface area contributed by atoms with Crippen LogP contribution >= 0.6 is 11.3 Å². The molecule has 0 unspecified atom stereocenters. The molecule has 11 aromatic rings. The van der Waals surface area contributed by atoms with E-state index in [1.165, 1.54) is 11.3 Å². The molecular weight excluding hydrogens is 647 g/mol. The SMILES string of the molecule is [2H]c1c([2H])c([2H])c2c(sc3c([2H])c(-c4nc(-c5ccccc5)nc(-c5cccc6oc7ccccc7c56)n4)c([2H])c([2H])c32)c1-c1ccc2oc3ccccc3c2c1. The molecule has 5 nitrogen and oxygen atoms in total.